The van der Waals surface area contributed by atoms with Gasteiger partial charge in [0.2, 0.25) is 0 Å². The molecule has 1 N–H and O–H groups in total. The molecule has 2 aromatic rings. The highest BCUT2D eigenvalue weighted by Gasteiger charge is 2.26. The number of rotatable bonds is 4. The highest BCUT2D eigenvalue weighted by molar-refractivity contribution is 5.94. The van der Waals surface area contributed by atoms with Gasteiger partial charge in [0.05, 0.1) is 0 Å². The van der Waals surface area contributed by atoms with Gasteiger partial charge in [-0.25, -0.2) is 0 Å². The second kappa shape index (κ2) is 7.74. The molecule has 1 aromatic heterocycles. The van der Waals surface area contributed by atoms with Crippen molar-refractivity contribution >= 4 is 5.91 Å². The van der Waals surface area contributed by atoms with Crippen molar-refractivity contribution in [1.29, 1.82) is 0 Å². The van der Waals surface area contributed by atoms with Crippen LogP contribution in [0.15, 0.2) is 42.7 Å². The van der Waals surface area contributed by atoms with Gasteiger partial charge in [-0.1, -0.05) is 12.1 Å². The smallest absolute Gasteiger partial charge is 0.265 e. The number of likely N-dealkylation sites (N-methyl/N-ethyl adjacent to an activating group) is 1. The number of carbonyl (C=O) groups excluding carboxylic acids is 1. The summed E-state index contributed by atoms with van der Waals surface area (Å²) < 4.78 is 5.46. The van der Waals surface area contributed by atoms with Gasteiger partial charge < -0.3 is 9.64 Å². The van der Waals surface area contributed by atoms with Gasteiger partial charge >= 0.3 is 0 Å². The van der Waals surface area contributed by atoms with Gasteiger partial charge in [0.15, 0.2) is 0 Å². The van der Waals surface area contributed by atoms with E-state index in [2.05, 4.69) is 15.3 Å². The van der Waals surface area contributed by atoms with Gasteiger partial charge in [0, 0.05) is 44.7 Å². The van der Waals surface area contributed by atoms with E-state index < -0.39 is 0 Å². The van der Waals surface area contributed by atoms with Crippen LogP contribution in [0.3, 0.4) is 0 Å². The standard InChI is InChI=1S/C19H24N4O2/c1-14-12-20-9-8-17(14)15-4-6-16(7-5-15)19(24)21-23-11-10-22(2)13-18(23)25-3/h4-9,12,18H,10-11,13H2,1-3H3,(H,21,24). The molecule has 1 fully saturated rings. The number of hydrogen-bond donors (Lipinski definition) is 1. The summed E-state index contributed by atoms with van der Waals surface area (Å²) in [5.74, 6) is -0.121. The number of ether oxygens (including phenoxy) is 1. The lowest BCUT2D eigenvalue weighted by Crippen LogP contribution is -2.59. The predicted molar refractivity (Wildman–Crippen MR) is 96.9 cm³/mol. The average molecular weight is 340 g/mol. The number of aryl methyl sites for hydroxylation is 1. The van der Waals surface area contributed by atoms with Crippen molar-refractivity contribution < 1.29 is 9.53 Å². The van der Waals surface area contributed by atoms with E-state index in [4.69, 9.17) is 4.74 Å². The van der Waals surface area contributed by atoms with Gasteiger partial charge in [0.1, 0.15) is 6.23 Å². The third kappa shape index (κ3) is 4.04. The lowest BCUT2D eigenvalue weighted by Gasteiger charge is -2.38. The van der Waals surface area contributed by atoms with Crippen LogP contribution in [-0.4, -0.2) is 60.8 Å². The summed E-state index contributed by atoms with van der Waals surface area (Å²) in [7, 11) is 3.71. The Hall–Kier alpha value is -2.28. The molecule has 132 valence electrons. The lowest BCUT2D eigenvalue weighted by atomic mass is 10.0. The SMILES string of the molecule is COC1CN(C)CCN1NC(=O)c1ccc(-c2ccncc2C)cc1. The largest absolute Gasteiger partial charge is 0.363 e. The molecule has 0 radical (unpaired) electrons. The minimum atomic E-state index is -0.138. The maximum absolute atomic E-state index is 12.5. The first-order valence-electron chi connectivity index (χ1n) is 8.38. The number of nitrogens with one attached hydrogen (secondary N) is 1. The zero-order valence-corrected chi connectivity index (χ0v) is 14.9. The minimum Gasteiger partial charge on any atom is -0.363 e. The van der Waals surface area contributed by atoms with Crippen molar-refractivity contribution in [3.05, 3.63) is 53.9 Å². The van der Waals surface area contributed by atoms with E-state index in [1.165, 1.54) is 0 Å². The summed E-state index contributed by atoms with van der Waals surface area (Å²) in [4.78, 5) is 18.8. The molecule has 1 unspecified atom stereocenters. The number of pyridine rings is 1. The molecule has 1 atom stereocenters. The topological polar surface area (TPSA) is 57.7 Å². The number of benzene rings is 1. The van der Waals surface area contributed by atoms with E-state index in [1.54, 1.807) is 13.3 Å². The number of amides is 1. The Kier molecular flexibility index (Phi) is 5.43. The Morgan fingerprint density at radius 2 is 2.00 bits per heavy atom. The third-order valence-corrected chi connectivity index (χ3v) is 4.53. The van der Waals surface area contributed by atoms with E-state index in [-0.39, 0.29) is 12.1 Å². The molecule has 1 aliphatic rings. The number of carbonyl (C=O) groups is 1. The molecule has 6 nitrogen and oxygen atoms in total. The molecule has 0 spiro atoms. The van der Waals surface area contributed by atoms with E-state index >= 15 is 0 Å². The second-order valence-electron chi connectivity index (χ2n) is 6.35. The van der Waals surface area contributed by atoms with Crippen molar-refractivity contribution in [3.63, 3.8) is 0 Å². The zero-order chi connectivity index (χ0) is 17.8. The second-order valence-corrected chi connectivity index (χ2v) is 6.35. The third-order valence-electron chi connectivity index (χ3n) is 4.53. The summed E-state index contributed by atoms with van der Waals surface area (Å²) in [6.07, 6.45) is 3.48. The lowest BCUT2D eigenvalue weighted by molar-refractivity contribution is -0.0947. The van der Waals surface area contributed by atoms with Crippen LogP contribution >= 0.6 is 0 Å². The summed E-state index contributed by atoms with van der Waals surface area (Å²) in [6.45, 7) is 4.41. The Bertz CT molecular complexity index is 732. The van der Waals surface area contributed by atoms with Gasteiger partial charge in [-0.05, 0) is 48.9 Å². The zero-order valence-electron chi connectivity index (χ0n) is 14.9. The van der Waals surface area contributed by atoms with Crippen LogP contribution < -0.4 is 5.43 Å². The van der Waals surface area contributed by atoms with Crippen molar-refractivity contribution in [2.75, 3.05) is 33.8 Å². The predicted octanol–water partition coefficient (Wildman–Crippen LogP) is 1.92. The summed E-state index contributed by atoms with van der Waals surface area (Å²) in [6, 6.07) is 9.62. The normalized spacial score (nSPS) is 18.9. The first-order chi connectivity index (χ1) is 12.1. The molecular weight excluding hydrogens is 316 g/mol. The monoisotopic (exact) mass is 340 g/mol. The van der Waals surface area contributed by atoms with Crippen LogP contribution in [0.5, 0.6) is 0 Å². The van der Waals surface area contributed by atoms with Crippen LogP contribution in [0.2, 0.25) is 0 Å². The van der Waals surface area contributed by atoms with Crippen LogP contribution in [0.25, 0.3) is 11.1 Å². The van der Waals surface area contributed by atoms with Crippen LogP contribution in [-0.2, 0) is 4.74 Å². The van der Waals surface area contributed by atoms with Crippen LogP contribution in [0.1, 0.15) is 15.9 Å². The van der Waals surface area contributed by atoms with E-state index in [9.17, 15) is 4.79 Å². The number of hydrogen-bond acceptors (Lipinski definition) is 5. The molecule has 0 saturated carbocycles. The Morgan fingerprint density at radius 1 is 1.24 bits per heavy atom. The molecule has 1 amide bonds. The fraction of sp³-hybridized carbons (Fsp3) is 0.368. The van der Waals surface area contributed by atoms with Gasteiger partial charge in [-0.3, -0.25) is 15.2 Å². The first kappa shape index (κ1) is 17.5. The number of aromatic nitrogens is 1. The number of nitrogens with zero attached hydrogens (tertiary/aromatic N) is 3. The Labute approximate surface area is 148 Å². The summed E-state index contributed by atoms with van der Waals surface area (Å²) >= 11 is 0. The molecule has 0 bridgehead atoms. The highest BCUT2D eigenvalue weighted by atomic mass is 16.5. The summed E-state index contributed by atoms with van der Waals surface area (Å²) in [5, 5.41) is 1.86. The molecule has 2 heterocycles. The molecule has 3 rings (SSSR count). The molecule has 1 aromatic carbocycles. The summed E-state index contributed by atoms with van der Waals surface area (Å²) in [5.41, 5.74) is 6.90. The van der Waals surface area contributed by atoms with Gasteiger partial charge in [0.25, 0.3) is 5.91 Å². The van der Waals surface area contributed by atoms with Crippen molar-refractivity contribution in [3.8, 4) is 11.1 Å². The average Bonchev–Trinajstić information content (AvgIpc) is 2.63. The molecule has 1 aliphatic heterocycles. The van der Waals surface area contributed by atoms with E-state index in [0.717, 1.165) is 36.3 Å². The fourth-order valence-corrected chi connectivity index (χ4v) is 3.00. The Balaban J connectivity index is 1.70. The highest BCUT2D eigenvalue weighted by Crippen LogP contribution is 2.22. The van der Waals surface area contributed by atoms with Crippen molar-refractivity contribution in [1.82, 2.24) is 20.3 Å². The Morgan fingerprint density at radius 3 is 2.68 bits per heavy atom. The maximum Gasteiger partial charge on any atom is 0.265 e. The molecule has 25 heavy (non-hydrogen) atoms. The maximum atomic E-state index is 12.5. The molecular formula is C19H24N4O2. The quantitative estimate of drug-likeness (QED) is 0.922. The van der Waals surface area contributed by atoms with E-state index in [1.807, 2.05) is 55.5 Å². The molecule has 0 aliphatic carbocycles. The van der Waals surface area contributed by atoms with Crippen molar-refractivity contribution in [2.45, 2.75) is 13.2 Å². The van der Waals surface area contributed by atoms with Gasteiger partial charge in [-0.15, -0.1) is 0 Å². The van der Waals surface area contributed by atoms with Crippen LogP contribution in [0, 0.1) is 6.92 Å². The number of methoxy groups -OCH3 is 1. The van der Waals surface area contributed by atoms with Crippen LogP contribution in [0.4, 0.5) is 0 Å². The minimum absolute atomic E-state index is 0.121. The van der Waals surface area contributed by atoms with Crippen molar-refractivity contribution in [2.24, 2.45) is 0 Å². The number of piperazine rings is 1. The first-order valence-corrected chi connectivity index (χ1v) is 8.38. The van der Waals surface area contributed by atoms with Gasteiger partial charge in [-0.2, -0.15) is 5.01 Å². The number of hydrazine groups is 1. The van der Waals surface area contributed by atoms with E-state index in [0.29, 0.717) is 5.56 Å². The molecule has 1 saturated heterocycles. The fourth-order valence-electron chi connectivity index (χ4n) is 3.00. The molecule has 6 heteroatoms.